The van der Waals surface area contributed by atoms with Gasteiger partial charge in [0.2, 0.25) is 5.91 Å². The van der Waals surface area contributed by atoms with Crippen LogP contribution in [0, 0.1) is 23.2 Å². The Kier molecular flexibility index (Phi) is 6.17. The van der Waals surface area contributed by atoms with Gasteiger partial charge in [0.25, 0.3) is 5.91 Å². The zero-order chi connectivity index (χ0) is 22.8. The second kappa shape index (κ2) is 9.23. The van der Waals surface area contributed by atoms with Crippen LogP contribution in [0.4, 0.5) is 0 Å². The number of rotatable bonds is 8. The van der Waals surface area contributed by atoms with Crippen molar-refractivity contribution in [3.8, 4) is 11.5 Å². The van der Waals surface area contributed by atoms with Gasteiger partial charge in [-0.05, 0) is 68.4 Å². The molecular weight excluding hydrogens is 424 g/mol. The Morgan fingerprint density at radius 3 is 2.33 bits per heavy atom. The molecule has 6 rings (SSSR count). The average Bonchev–Trinajstić information content (AvgIpc) is 2.80. The number of carbonyl (C=O) groups excluding carboxylic acids is 3. The lowest BCUT2D eigenvalue weighted by Crippen LogP contribution is -2.53. The first-order valence-electron chi connectivity index (χ1n) is 12.1. The van der Waals surface area contributed by atoms with E-state index in [0.29, 0.717) is 35.9 Å². The highest BCUT2D eigenvalue weighted by Crippen LogP contribution is 2.60. The van der Waals surface area contributed by atoms with Crippen LogP contribution in [0.5, 0.6) is 11.5 Å². The highest BCUT2D eigenvalue weighted by Gasteiger charge is 2.54. The topological polar surface area (TPSA) is 103 Å². The van der Waals surface area contributed by atoms with Crippen molar-refractivity contribution in [2.75, 3.05) is 26.3 Å². The highest BCUT2D eigenvalue weighted by atomic mass is 16.6. The first-order valence-corrected chi connectivity index (χ1v) is 12.1. The van der Waals surface area contributed by atoms with E-state index < -0.39 is 11.9 Å². The van der Waals surface area contributed by atoms with Crippen molar-refractivity contribution in [3.63, 3.8) is 0 Å². The van der Waals surface area contributed by atoms with Crippen LogP contribution in [0.15, 0.2) is 24.3 Å². The summed E-state index contributed by atoms with van der Waals surface area (Å²) in [7, 11) is 0. The van der Waals surface area contributed by atoms with Gasteiger partial charge in [0.05, 0.1) is 13.0 Å². The molecule has 8 heteroatoms. The zero-order valence-corrected chi connectivity index (χ0v) is 18.8. The van der Waals surface area contributed by atoms with Gasteiger partial charge < -0.3 is 24.8 Å². The highest BCUT2D eigenvalue weighted by molar-refractivity contribution is 5.84. The minimum absolute atomic E-state index is 0.0573. The summed E-state index contributed by atoms with van der Waals surface area (Å²) in [4.78, 5) is 37.0. The molecular formula is C25H32N2O6. The molecule has 4 fully saturated rings. The molecule has 0 saturated heterocycles. The Hall–Kier alpha value is -2.77. The lowest BCUT2D eigenvalue weighted by molar-refractivity contribution is -0.149. The van der Waals surface area contributed by atoms with Crippen LogP contribution in [0.2, 0.25) is 0 Å². The minimum Gasteiger partial charge on any atom is -0.486 e. The van der Waals surface area contributed by atoms with E-state index in [4.69, 9.17) is 14.2 Å². The molecule has 0 aromatic heterocycles. The molecule has 4 bridgehead atoms. The smallest absolute Gasteiger partial charge is 0.308 e. The Bertz CT molecular complexity index is 881. The number of hydrogen-bond donors (Lipinski definition) is 2. The molecule has 1 atom stereocenters. The maximum Gasteiger partial charge on any atom is 0.308 e. The third-order valence-electron chi connectivity index (χ3n) is 7.59. The molecule has 1 heterocycles. The predicted octanol–water partition coefficient (Wildman–Crippen LogP) is 2.21. The summed E-state index contributed by atoms with van der Waals surface area (Å²) in [6.07, 6.45) is 6.60. The molecule has 2 amide bonds. The maximum absolute atomic E-state index is 12.9. The summed E-state index contributed by atoms with van der Waals surface area (Å²) in [5.41, 5.74) is -0.218. The molecule has 1 aromatic rings. The van der Waals surface area contributed by atoms with Gasteiger partial charge in [0.15, 0.2) is 18.1 Å². The van der Waals surface area contributed by atoms with E-state index in [9.17, 15) is 14.4 Å². The van der Waals surface area contributed by atoms with Gasteiger partial charge in [-0.2, -0.15) is 0 Å². The van der Waals surface area contributed by atoms with Crippen molar-refractivity contribution in [3.05, 3.63) is 24.3 Å². The van der Waals surface area contributed by atoms with Crippen LogP contribution >= 0.6 is 0 Å². The van der Waals surface area contributed by atoms with Crippen molar-refractivity contribution in [1.82, 2.24) is 10.6 Å². The maximum atomic E-state index is 12.9. The van der Waals surface area contributed by atoms with Gasteiger partial charge in [0, 0.05) is 12.0 Å². The molecule has 0 radical (unpaired) electrons. The van der Waals surface area contributed by atoms with Gasteiger partial charge in [-0.3, -0.25) is 14.4 Å². The molecule has 2 N–H and O–H groups in total. The molecule has 4 aliphatic carbocycles. The molecule has 1 aromatic carbocycles. The van der Waals surface area contributed by atoms with E-state index in [1.54, 1.807) is 0 Å². The lowest BCUT2D eigenvalue weighted by Gasteiger charge is -2.55. The fourth-order valence-electron chi connectivity index (χ4n) is 6.51. The van der Waals surface area contributed by atoms with Crippen molar-refractivity contribution in [2.45, 2.75) is 51.0 Å². The summed E-state index contributed by atoms with van der Waals surface area (Å²) in [6.45, 7) is 0.478. The van der Waals surface area contributed by atoms with Crippen molar-refractivity contribution >= 4 is 17.8 Å². The van der Waals surface area contributed by atoms with Crippen molar-refractivity contribution < 1.29 is 28.6 Å². The van der Waals surface area contributed by atoms with Crippen molar-refractivity contribution in [2.24, 2.45) is 23.2 Å². The number of para-hydroxylation sites is 2. The van der Waals surface area contributed by atoms with Crippen LogP contribution < -0.4 is 20.1 Å². The summed E-state index contributed by atoms with van der Waals surface area (Å²) >= 11 is 0. The molecule has 178 valence electrons. The Morgan fingerprint density at radius 1 is 0.970 bits per heavy atom. The lowest BCUT2D eigenvalue weighted by atomic mass is 9.49. The predicted molar refractivity (Wildman–Crippen MR) is 119 cm³/mol. The number of fused-ring (bicyclic) bond motifs is 1. The van der Waals surface area contributed by atoms with Gasteiger partial charge >= 0.3 is 5.97 Å². The average molecular weight is 457 g/mol. The number of carbonyl (C=O) groups is 3. The van der Waals surface area contributed by atoms with E-state index in [1.165, 1.54) is 19.3 Å². The molecule has 4 saturated carbocycles. The molecule has 1 unspecified atom stereocenters. The Labute approximate surface area is 193 Å². The number of hydrogen-bond acceptors (Lipinski definition) is 6. The molecule has 0 spiro atoms. The summed E-state index contributed by atoms with van der Waals surface area (Å²) in [5, 5.41) is 5.66. The Balaban J connectivity index is 0.973. The first-order chi connectivity index (χ1) is 16.0. The number of nitrogens with one attached hydrogen (secondary N) is 2. The third kappa shape index (κ3) is 4.94. The number of esters is 1. The summed E-state index contributed by atoms with van der Waals surface area (Å²) in [6, 6.07) is 7.36. The van der Waals surface area contributed by atoms with Gasteiger partial charge in [-0.15, -0.1) is 0 Å². The number of benzene rings is 1. The van der Waals surface area contributed by atoms with E-state index in [-0.39, 0.29) is 43.5 Å². The van der Waals surface area contributed by atoms with Crippen molar-refractivity contribution in [1.29, 1.82) is 0 Å². The second-order valence-electron chi connectivity index (χ2n) is 10.2. The minimum atomic E-state index is -0.498. The quantitative estimate of drug-likeness (QED) is 0.582. The molecule has 5 aliphatic rings. The molecule has 8 nitrogen and oxygen atoms in total. The summed E-state index contributed by atoms with van der Waals surface area (Å²) in [5.74, 6) is 2.63. The van der Waals surface area contributed by atoms with E-state index in [0.717, 1.165) is 19.3 Å². The van der Waals surface area contributed by atoms with Gasteiger partial charge in [-0.25, -0.2) is 0 Å². The number of amides is 2. The molecule has 33 heavy (non-hydrogen) atoms. The fraction of sp³-hybridized carbons (Fsp3) is 0.640. The van der Waals surface area contributed by atoms with Crippen LogP contribution in [0.1, 0.15) is 44.9 Å². The van der Waals surface area contributed by atoms with Crippen LogP contribution in [-0.2, 0) is 19.1 Å². The van der Waals surface area contributed by atoms with Gasteiger partial charge in [0.1, 0.15) is 12.7 Å². The third-order valence-corrected chi connectivity index (χ3v) is 7.59. The number of ether oxygens (including phenoxy) is 3. The summed E-state index contributed by atoms with van der Waals surface area (Å²) < 4.78 is 16.5. The second-order valence-corrected chi connectivity index (χ2v) is 10.2. The van der Waals surface area contributed by atoms with Crippen LogP contribution in [0.3, 0.4) is 0 Å². The standard InChI is InChI=1S/C25H32N2O6/c28-22(27-13-19-14-31-20-3-1-2-4-21(20)33-19)15-32-23(29)5-6-26-24(30)25-10-16-7-17(11-25)9-18(8-16)12-25/h1-4,16-19H,5-15H2,(H,26,30)(H,27,28). The zero-order valence-electron chi connectivity index (χ0n) is 18.8. The SMILES string of the molecule is O=C(COC(=O)CCNC(=O)C12CC3CC(CC(C3)C1)C2)NCC1COc2ccccc2O1. The largest absolute Gasteiger partial charge is 0.486 e. The van der Waals surface area contributed by atoms with E-state index in [1.807, 2.05) is 24.3 Å². The normalized spacial score (nSPS) is 31.0. The Morgan fingerprint density at radius 2 is 1.64 bits per heavy atom. The van der Waals surface area contributed by atoms with Gasteiger partial charge in [-0.1, -0.05) is 12.1 Å². The van der Waals surface area contributed by atoms with Crippen LogP contribution in [-0.4, -0.2) is 50.2 Å². The monoisotopic (exact) mass is 456 g/mol. The first kappa shape index (κ1) is 22.0. The van der Waals surface area contributed by atoms with Crippen LogP contribution in [0.25, 0.3) is 0 Å². The van der Waals surface area contributed by atoms with E-state index >= 15 is 0 Å². The molecule has 1 aliphatic heterocycles. The fourth-order valence-corrected chi connectivity index (χ4v) is 6.51. The van der Waals surface area contributed by atoms with E-state index in [2.05, 4.69) is 10.6 Å².